The summed E-state index contributed by atoms with van der Waals surface area (Å²) in [4.78, 5) is 0. The van der Waals surface area contributed by atoms with Gasteiger partial charge in [-0.2, -0.15) is 0 Å². The van der Waals surface area contributed by atoms with Crippen LogP contribution in [0, 0.1) is 6.92 Å². The molecule has 1 heterocycles. The van der Waals surface area contributed by atoms with Crippen LogP contribution in [-0.4, -0.2) is 11.7 Å². The van der Waals surface area contributed by atoms with Gasteiger partial charge in [-0.05, 0) is 30.2 Å². The lowest BCUT2D eigenvalue weighted by Crippen LogP contribution is -2.01. The highest BCUT2D eigenvalue weighted by Gasteiger charge is 2.06. The Labute approximate surface area is 112 Å². The van der Waals surface area contributed by atoms with Gasteiger partial charge >= 0.3 is 0 Å². The fraction of sp³-hybridized carbons (Fsp3) is 0.286. The van der Waals surface area contributed by atoms with Crippen molar-refractivity contribution < 1.29 is 4.74 Å². The van der Waals surface area contributed by atoms with Gasteiger partial charge in [-0.3, -0.25) is 0 Å². The smallest absolute Gasteiger partial charge is 0.143 e. The number of nitrogens with zero attached hydrogens (tertiary/aromatic N) is 1. The number of halogens is 1. The molecule has 4 heteroatoms. The third-order valence-corrected chi connectivity index (χ3v) is 3.26. The van der Waals surface area contributed by atoms with Crippen molar-refractivity contribution in [2.24, 2.45) is 7.05 Å². The number of aryl methyl sites for hydroxylation is 2. The first-order valence-electron chi connectivity index (χ1n) is 5.79. The molecule has 0 saturated carbocycles. The van der Waals surface area contributed by atoms with Gasteiger partial charge in [0.2, 0.25) is 0 Å². The van der Waals surface area contributed by atoms with Gasteiger partial charge in [0.25, 0.3) is 0 Å². The zero-order chi connectivity index (χ0) is 13.1. The molecule has 0 bridgehead atoms. The highest BCUT2D eigenvalue weighted by Crippen LogP contribution is 2.31. The molecule has 18 heavy (non-hydrogen) atoms. The molecule has 0 atom stereocenters. The molecule has 1 aromatic carbocycles. The number of hydrogen-bond donors (Lipinski definition) is 1. The van der Waals surface area contributed by atoms with Crippen LogP contribution in [0.5, 0.6) is 5.75 Å². The predicted octanol–water partition coefficient (Wildman–Crippen LogP) is 3.61. The first-order chi connectivity index (χ1) is 8.60. The monoisotopic (exact) mass is 264 g/mol. The maximum atomic E-state index is 6.07. The molecular weight excluding hydrogens is 248 g/mol. The van der Waals surface area contributed by atoms with Crippen LogP contribution in [-0.2, 0) is 13.6 Å². The molecule has 0 aliphatic rings. The average Bonchev–Trinajstić information content (AvgIpc) is 2.76. The van der Waals surface area contributed by atoms with Crippen LogP contribution in [0.2, 0.25) is 5.02 Å². The Morgan fingerprint density at radius 3 is 2.78 bits per heavy atom. The maximum absolute atomic E-state index is 6.07. The van der Waals surface area contributed by atoms with Gasteiger partial charge in [-0.1, -0.05) is 11.6 Å². The lowest BCUT2D eigenvalue weighted by molar-refractivity contribution is 0.416. The summed E-state index contributed by atoms with van der Waals surface area (Å²) in [5.74, 6) is 0.765. The predicted molar refractivity (Wildman–Crippen MR) is 75.5 cm³/mol. The molecular formula is C14H17ClN2O. The van der Waals surface area contributed by atoms with E-state index in [-0.39, 0.29) is 0 Å². The second-order valence-electron chi connectivity index (χ2n) is 4.34. The van der Waals surface area contributed by atoms with E-state index in [1.165, 1.54) is 5.56 Å². The second-order valence-corrected chi connectivity index (χ2v) is 4.75. The Balaban J connectivity index is 2.15. The molecule has 0 radical (unpaired) electrons. The molecule has 0 spiro atoms. The summed E-state index contributed by atoms with van der Waals surface area (Å²) in [6.45, 7) is 2.74. The van der Waals surface area contributed by atoms with Gasteiger partial charge in [-0.15, -0.1) is 0 Å². The lowest BCUT2D eigenvalue weighted by Gasteiger charge is -2.12. The normalized spacial score (nSPS) is 10.4. The van der Waals surface area contributed by atoms with Crippen molar-refractivity contribution in [2.75, 3.05) is 12.4 Å². The largest absolute Gasteiger partial charge is 0.495 e. The van der Waals surface area contributed by atoms with Gasteiger partial charge in [0.15, 0.2) is 0 Å². The van der Waals surface area contributed by atoms with Crippen molar-refractivity contribution in [3.8, 4) is 5.75 Å². The van der Waals surface area contributed by atoms with E-state index >= 15 is 0 Å². The molecule has 0 fully saturated rings. The molecule has 2 aromatic rings. The third-order valence-electron chi connectivity index (χ3n) is 2.86. The van der Waals surface area contributed by atoms with E-state index in [0.29, 0.717) is 0 Å². The highest BCUT2D eigenvalue weighted by molar-refractivity contribution is 6.31. The summed E-state index contributed by atoms with van der Waals surface area (Å²) in [5, 5.41) is 4.08. The SMILES string of the molecule is COc1cc(Cl)c(C)cc1NCc1ccn(C)c1. The number of benzene rings is 1. The van der Waals surface area contributed by atoms with Gasteiger partial charge in [-0.25, -0.2) is 0 Å². The Bertz CT molecular complexity index is 549. The fourth-order valence-corrected chi connectivity index (χ4v) is 1.99. The van der Waals surface area contributed by atoms with E-state index in [4.69, 9.17) is 16.3 Å². The Kier molecular flexibility index (Phi) is 3.82. The van der Waals surface area contributed by atoms with Crippen molar-refractivity contribution in [1.29, 1.82) is 0 Å². The summed E-state index contributed by atoms with van der Waals surface area (Å²) in [7, 11) is 3.66. The van der Waals surface area contributed by atoms with E-state index in [2.05, 4.69) is 17.6 Å². The summed E-state index contributed by atoms with van der Waals surface area (Å²) < 4.78 is 7.35. The molecule has 0 amide bonds. The average molecular weight is 265 g/mol. The lowest BCUT2D eigenvalue weighted by atomic mass is 10.2. The topological polar surface area (TPSA) is 26.2 Å². The molecule has 1 N–H and O–H groups in total. The van der Waals surface area contributed by atoms with Gasteiger partial charge in [0.1, 0.15) is 5.75 Å². The zero-order valence-electron chi connectivity index (χ0n) is 10.8. The number of anilines is 1. The van der Waals surface area contributed by atoms with Gasteiger partial charge in [0, 0.05) is 37.1 Å². The van der Waals surface area contributed by atoms with Crippen LogP contribution < -0.4 is 10.1 Å². The molecule has 1 aromatic heterocycles. The minimum Gasteiger partial charge on any atom is -0.495 e. The van der Waals surface area contributed by atoms with Gasteiger partial charge < -0.3 is 14.6 Å². The van der Waals surface area contributed by atoms with E-state index in [1.807, 2.05) is 36.9 Å². The maximum Gasteiger partial charge on any atom is 0.143 e. The van der Waals surface area contributed by atoms with E-state index in [0.717, 1.165) is 28.6 Å². The Hall–Kier alpha value is -1.61. The van der Waals surface area contributed by atoms with Crippen LogP contribution in [0.3, 0.4) is 0 Å². The van der Waals surface area contributed by atoms with Crippen LogP contribution in [0.25, 0.3) is 0 Å². The standard InChI is InChI=1S/C14H17ClN2O/c1-10-6-13(14(18-3)7-12(10)15)16-8-11-4-5-17(2)9-11/h4-7,9,16H,8H2,1-3H3. The van der Waals surface area contributed by atoms with E-state index in [1.54, 1.807) is 7.11 Å². The number of nitrogens with one attached hydrogen (secondary N) is 1. The minimum atomic E-state index is 0.720. The molecule has 2 rings (SSSR count). The molecule has 0 aliphatic heterocycles. The van der Waals surface area contributed by atoms with Crippen molar-refractivity contribution in [1.82, 2.24) is 4.57 Å². The molecule has 96 valence electrons. The number of aromatic nitrogens is 1. The van der Waals surface area contributed by atoms with Crippen molar-refractivity contribution in [3.63, 3.8) is 0 Å². The van der Waals surface area contributed by atoms with Crippen LogP contribution in [0.15, 0.2) is 30.6 Å². The second kappa shape index (κ2) is 5.36. The quantitative estimate of drug-likeness (QED) is 0.913. The molecule has 3 nitrogen and oxygen atoms in total. The summed E-state index contributed by atoms with van der Waals surface area (Å²) >= 11 is 6.07. The summed E-state index contributed by atoms with van der Waals surface area (Å²) in [5.41, 5.74) is 3.23. The minimum absolute atomic E-state index is 0.720. The number of methoxy groups -OCH3 is 1. The third kappa shape index (κ3) is 2.79. The molecule has 0 aliphatic carbocycles. The van der Waals surface area contributed by atoms with E-state index in [9.17, 15) is 0 Å². The first kappa shape index (κ1) is 12.8. The van der Waals surface area contributed by atoms with Crippen molar-refractivity contribution in [3.05, 3.63) is 46.7 Å². The number of ether oxygens (including phenoxy) is 1. The van der Waals surface area contributed by atoms with Crippen molar-refractivity contribution >= 4 is 17.3 Å². The van der Waals surface area contributed by atoms with E-state index < -0.39 is 0 Å². The number of hydrogen-bond acceptors (Lipinski definition) is 2. The Morgan fingerprint density at radius 2 is 2.17 bits per heavy atom. The summed E-state index contributed by atoms with van der Waals surface area (Å²) in [6, 6.07) is 5.93. The van der Waals surface area contributed by atoms with Crippen LogP contribution >= 0.6 is 11.6 Å². The molecule has 0 unspecified atom stereocenters. The number of rotatable bonds is 4. The zero-order valence-corrected chi connectivity index (χ0v) is 11.6. The van der Waals surface area contributed by atoms with Crippen molar-refractivity contribution in [2.45, 2.75) is 13.5 Å². The van der Waals surface area contributed by atoms with Gasteiger partial charge in [0.05, 0.1) is 12.8 Å². The van der Waals surface area contributed by atoms with Crippen LogP contribution in [0.4, 0.5) is 5.69 Å². The first-order valence-corrected chi connectivity index (χ1v) is 6.17. The Morgan fingerprint density at radius 1 is 1.39 bits per heavy atom. The fourth-order valence-electron chi connectivity index (χ4n) is 1.83. The van der Waals surface area contributed by atoms with Crippen LogP contribution in [0.1, 0.15) is 11.1 Å². The molecule has 0 saturated heterocycles. The highest BCUT2D eigenvalue weighted by atomic mass is 35.5. The summed E-state index contributed by atoms with van der Waals surface area (Å²) in [6.07, 6.45) is 4.11.